The average molecular weight is 377 g/mol. The lowest BCUT2D eigenvalue weighted by Gasteiger charge is -2.41. The maximum absolute atomic E-state index is 12.4. The van der Waals surface area contributed by atoms with E-state index in [2.05, 4.69) is 68.4 Å². The van der Waals surface area contributed by atoms with E-state index in [-0.39, 0.29) is 11.4 Å². The number of methoxy groups -OCH3 is 1. The summed E-state index contributed by atoms with van der Waals surface area (Å²) >= 11 is 0. The third-order valence-corrected chi connectivity index (χ3v) is 5.33. The average Bonchev–Trinajstić information content (AvgIpc) is 2.66. The first-order valence-electron chi connectivity index (χ1n) is 9.29. The maximum atomic E-state index is 12.4. The fraction of sp³-hybridized carbons (Fsp3) is 0.304. The van der Waals surface area contributed by atoms with Gasteiger partial charge >= 0.3 is 0 Å². The predicted octanol–water partition coefficient (Wildman–Crippen LogP) is 4.40. The minimum absolute atomic E-state index is 0.0259. The van der Waals surface area contributed by atoms with Crippen molar-refractivity contribution in [3.8, 4) is 5.75 Å². The summed E-state index contributed by atoms with van der Waals surface area (Å²) < 4.78 is 5.23. The van der Waals surface area contributed by atoms with Crippen molar-refractivity contribution >= 4 is 23.4 Å². The molecule has 1 amide bonds. The molecular weight excluding hydrogens is 350 g/mol. The van der Waals surface area contributed by atoms with Gasteiger partial charge in [0, 0.05) is 18.3 Å². The maximum Gasteiger partial charge on any atom is 0.275 e. The predicted molar refractivity (Wildman–Crippen MR) is 115 cm³/mol. The summed E-state index contributed by atoms with van der Waals surface area (Å²) in [7, 11) is 3.66. The number of hydrogen-bond donors (Lipinski definition) is 1. The van der Waals surface area contributed by atoms with Gasteiger partial charge in [-0.1, -0.05) is 18.2 Å². The number of carbonyl (C=O) groups excluding carboxylic acids is 1. The minimum Gasteiger partial charge on any atom is -0.496 e. The van der Waals surface area contributed by atoms with Gasteiger partial charge in [0.1, 0.15) is 5.75 Å². The van der Waals surface area contributed by atoms with E-state index < -0.39 is 0 Å². The quantitative estimate of drug-likeness (QED) is 0.635. The van der Waals surface area contributed by atoms with Crippen molar-refractivity contribution < 1.29 is 9.53 Å². The Kier molecular flexibility index (Phi) is 5.27. The lowest BCUT2D eigenvalue weighted by molar-refractivity contribution is 0.0952. The number of hydrazone groups is 1. The van der Waals surface area contributed by atoms with Crippen LogP contribution < -0.4 is 15.1 Å². The van der Waals surface area contributed by atoms with Gasteiger partial charge in [0.2, 0.25) is 0 Å². The van der Waals surface area contributed by atoms with Crippen LogP contribution in [0.2, 0.25) is 0 Å². The Morgan fingerprint density at radius 2 is 1.93 bits per heavy atom. The Bertz CT molecular complexity index is 974. The number of nitrogens with zero attached hydrogens (tertiary/aromatic N) is 2. The van der Waals surface area contributed by atoms with E-state index >= 15 is 0 Å². The first-order valence-corrected chi connectivity index (χ1v) is 9.29. The van der Waals surface area contributed by atoms with Gasteiger partial charge in [-0.2, -0.15) is 5.10 Å². The third-order valence-electron chi connectivity index (χ3n) is 5.33. The van der Waals surface area contributed by atoms with Gasteiger partial charge < -0.3 is 9.64 Å². The van der Waals surface area contributed by atoms with Crippen LogP contribution >= 0.6 is 0 Å². The Hall–Kier alpha value is -3.08. The van der Waals surface area contributed by atoms with E-state index in [1.54, 1.807) is 31.5 Å². The molecule has 1 aliphatic heterocycles. The second-order valence-electron chi connectivity index (χ2n) is 7.67. The molecule has 0 saturated carbocycles. The molecule has 0 aromatic heterocycles. The number of aryl methyl sites for hydroxylation is 1. The molecule has 28 heavy (non-hydrogen) atoms. The summed E-state index contributed by atoms with van der Waals surface area (Å²) in [6.45, 7) is 8.60. The highest BCUT2D eigenvalue weighted by Gasteiger charge is 2.28. The van der Waals surface area contributed by atoms with Crippen LogP contribution in [-0.4, -0.2) is 31.8 Å². The molecular formula is C23H27N3O2. The summed E-state index contributed by atoms with van der Waals surface area (Å²) in [5, 5.41) is 4.16. The molecule has 0 unspecified atom stereocenters. The van der Waals surface area contributed by atoms with Crippen molar-refractivity contribution in [2.45, 2.75) is 33.2 Å². The second-order valence-corrected chi connectivity index (χ2v) is 7.67. The highest BCUT2D eigenvalue weighted by atomic mass is 16.5. The number of benzene rings is 2. The number of hydrogen-bond acceptors (Lipinski definition) is 4. The number of likely N-dealkylation sites (N-methyl/N-ethyl adjacent to an activating group) is 1. The monoisotopic (exact) mass is 377 g/mol. The third kappa shape index (κ3) is 3.65. The van der Waals surface area contributed by atoms with Gasteiger partial charge in [0.25, 0.3) is 5.91 Å². The molecule has 0 spiro atoms. The Labute approximate surface area is 166 Å². The lowest BCUT2D eigenvalue weighted by Crippen LogP contribution is -2.42. The number of anilines is 1. The topological polar surface area (TPSA) is 53.9 Å². The van der Waals surface area contributed by atoms with E-state index in [1.807, 2.05) is 6.07 Å². The van der Waals surface area contributed by atoms with Gasteiger partial charge in [0.15, 0.2) is 0 Å². The molecule has 0 fully saturated rings. The molecule has 1 heterocycles. The summed E-state index contributed by atoms with van der Waals surface area (Å²) in [6.07, 6.45) is 3.96. The number of allylic oxidation sites excluding steroid dienone is 1. The normalized spacial score (nSPS) is 15.2. The molecule has 0 saturated heterocycles. The summed E-state index contributed by atoms with van der Waals surface area (Å²) in [5.41, 5.74) is 8.72. The van der Waals surface area contributed by atoms with Crippen LogP contribution in [0.1, 0.15) is 47.8 Å². The zero-order valence-corrected chi connectivity index (χ0v) is 17.3. The molecule has 0 atom stereocenters. The number of amides is 1. The molecule has 1 N–H and O–H groups in total. The number of carbonyl (C=O) groups is 1. The minimum atomic E-state index is -0.304. The number of ether oxygens (including phenoxy) is 1. The highest BCUT2D eigenvalue weighted by molar-refractivity contribution is 5.97. The van der Waals surface area contributed by atoms with Crippen LogP contribution in [0.4, 0.5) is 5.69 Å². The van der Waals surface area contributed by atoms with Crippen molar-refractivity contribution in [2.24, 2.45) is 5.10 Å². The van der Waals surface area contributed by atoms with E-state index in [9.17, 15) is 4.79 Å². The molecule has 3 rings (SSSR count). The van der Waals surface area contributed by atoms with Crippen LogP contribution in [0.15, 0.2) is 47.6 Å². The van der Waals surface area contributed by atoms with Gasteiger partial charge in [0.05, 0.1) is 24.4 Å². The van der Waals surface area contributed by atoms with Crippen LogP contribution in [0, 0.1) is 6.92 Å². The molecule has 5 nitrogen and oxygen atoms in total. The van der Waals surface area contributed by atoms with Crippen LogP contribution in [-0.2, 0) is 0 Å². The molecule has 0 aliphatic carbocycles. The molecule has 0 bridgehead atoms. The fourth-order valence-corrected chi connectivity index (χ4v) is 3.51. The number of para-hydroxylation sites is 1. The highest BCUT2D eigenvalue weighted by Crippen LogP contribution is 2.38. The molecule has 5 heteroatoms. The van der Waals surface area contributed by atoms with Crippen molar-refractivity contribution in [1.82, 2.24) is 5.43 Å². The second kappa shape index (κ2) is 7.50. The number of nitrogens with one attached hydrogen (secondary N) is 1. The van der Waals surface area contributed by atoms with Gasteiger partial charge in [-0.3, -0.25) is 4.79 Å². The van der Waals surface area contributed by atoms with Crippen molar-refractivity contribution in [1.29, 1.82) is 0 Å². The Balaban J connectivity index is 1.84. The van der Waals surface area contributed by atoms with Crippen LogP contribution in [0.5, 0.6) is 5.75 Å². The SMILES string of the molecule is COc1ccccc1C(=O)N/N=C\c1cc2c(cc1C)N(C)C(C)(C)C=C2C. The number of fused-ring (bicyclic) bond motifs is 1. The zero-order chi connectivity index (χ0) is 20.5. The van der Waals surface area contributed by atoms with Gasteiger partial charge in [-0.05, 0) is 68.7 Å². The van der Waals surface area contributed by atoms with Crippen molar-refractivity contribution in [3.05, 3.63) is 64.7 Å². The van der Waals surface area contributed by atoms with Crippen LogP contribution in [0.3, 0.4) is 0 Å². The van der Waals surface area contributed by atoms with Crippen LogP contribution in [0.25, 0.3) is 5.57 Å². The molecule has 2 aromatic carbocycles. The standard InChI is InChI=1S/C23H27N3O2/c1-15-11-20-19(16(2)13-23(3,4)26(20)5)12-17(15)14-24-25-22(27)18-9-7-8-10-21(18)28-6/h7-14H,1-6H3,(H,25,27)/b24-14-. The van der Waals surface area contributed by atoms with Gasteiger partial charge in [-0.25, -0.2) is 5.43 Å². The molecule has 0 radical (unpaired) electrons. The largest absolute Gasteiger partial charge is 0.496 e. The fourth-order valence-electron chi connectivity index (χ4n) is 3.51. The molecule has 1 aliphatic rings. The summed E-state index contributed by atoms with van der Waals surface area (Å²) in [4.78, 5) is 14.7. The molecule has 146 valence electrons. The van der Waals surface area contributed by atoms with E-state index in [0.717, 1.165) is 11.1 Å². The molecule has 2 aromatic rings. The number of rotatable bonds is 4. The smallest absolute Gasteiger partial charge is 0.275 e. The van der Waals surface area contributed by atoms with E-state index in [1.165, 1.54) is 16.8 Å². The first kappa shape index (κ1) is 19.7. The summed E-state index contributed by atoms with van der Waals surface area (Å²) in [6, 6.07) is 11.4. The Morgan fingerprint density at radius 3 is 2.64 bits per heavy atom. The summed E-state index contributed by atoms with van der Waals surface area (Å²) in [5.74, 6) is 0.216. The van der Waals surface area contributed by atoms with E-state index in [0.29, 0.717) is 11.3 Å². The first-order chi connectivity index (χ1) is 13.2. The zero-order valence-electron chi connectivity index (χ0n) is 17.3. The van der Waals surface area contributed by atoms with Crippen molar-refractivity contribution in [2.75, 3.05) is 19.1 Å². The van der Waals surface area contributed by atoms with Gasteiger partial charge in [-0.15, -0.1) is 0 Å². The Morgan fingerprint density at radius 1 is 1.21 bits per heavy atom. The lowest BCUT2D eigenvalue weighted by atomic mass is 9.87. The van der Waals surface area contributed by atoms with E-state index in [4.69, 9.17) is 4.74 Å². The van der Waals surface area contributed by atoms with Crippen molar-refractivity contribution in [3.63, 3.8) is 0 Å².